The Bertz CT molecular complexity index is 822. The van der Waals surface area contributed by atoms with Gasteiger partial charge < -0.3 is 15.1 Å². The standard InChI is InChI=1S/C22H28ClN3O3S/c23-15-9-10-18-17(13-15)26(14-19(27)24-16-7-3-1-4-8-16)22(29)20(30-18)21(28)25-11-5-2-6-12-25/h9-10,13,16,20H,1-8,11-12,14H2,(H,24,27). The van der Waals surface area contributed by atoms with Gasteiger partial charge in [0.1, 0.15) is 6.54 Å². The van der Waals surface area contributed by atoms with E-state index in [2.05, 4.69) is 5.32 Å². The van der Waals surface area contributed by atoms with Crippen molar-refractivity contribution in [1.29, 1.82) is 0 Å². The molecule has 0 spiro atoms. The van der Waals surface area contributed by atoms with E-state index in [-0.39, 0.29) is 30.3 Å². The fourth-order valence-electron chi connectivity index (χ4n) is 4.50. The van der Waals surface area contributed by atoms with Crippen LogP contribution in [0.15, 0.2) is 23.1 Å². The summed E-state index contributed by atoms with van der Waals surface area (Å²) in [4.78, 5) is 43.3. The molecule has 1 aliphatic carbocycles. The van der Waals surface area contributed by atoms with Gasteiger partial charge >= 0.3 is 0 Å². The van der Waals surface area contributed by atoms with Crippen molar-refractivity contribution in [2.24, 2.45) is 0 Å². The quantitative estimate of drug-likeness (QED) is 0.713. The van der Waals surface area contributed by atoms with Gasteiger partial charge in [-0.15, -0.1) is 11.8 Å². The summed E-state index contributed by atoms with van der Waals surface area (Å²) < 4.78 is 0. The lowest BCUT2D eigenvalue weighted by atomic mass is 9.95. The second kappa shape index (κ2) is 9.60. The zero-order valence-electron chi connectivity index (χ0n) is 17.1. The second-order valence-electron chi connectivity index (χ2n) is 8.32. The highest BCUT2D eigenvalue weighted by Crippen LogP contribution is 2.41. The van der Waals surface area contributed by atoms with Crippen LogP contribution in [0.5, 0.6) is 0 Å². The van der Waals surface area contributed by atoms with Gasteiger partial charge in [-0.2, -0.15) is 0 Å². The van der Waals surface area contributed by atoms with Crippen LogP contribution >= 0.6 is 23.4 Å². The summed E-state index contributed by atoms with van der Waals surface area (Å²) in [7, 11) is 0. The number of thioether (sulfide) groups is 1. The van der Waals surface area contributed by atoms with E-state index in [4.69, 9.17) is 11.6 Å². The summed E-state index contributed by atoms with van der Waals surface area (Å²) in [5, 5.41) is 2.72. The average molecular weight is 450 g/mol. The highest BCUT2D eigenvalue weighted by atomic mass is 35.5. The number of likely N-dealkylation sites (tertiary alicyclic amines) is 1. The maximum atomic E-state index is 13.3. The molecule has 1 saturated carbocycles. The summed E-state index contributed by atoms with van der Waals surface area (Å²) in [5.74, 6) is -0.663. The summed E-state index contributed by atoms with van der Waals surface area (Å²) in [6.07, 6.45) is 8.46. The highest BCUT2D eigenvalue weighted by Gasteiger charge is 2.41. The molecule has 0 aromatic heterocycles. The van der Waals surface area contributed by atoms with Crippen LogP contribution < -0.4 is 10.2 Å². The maximum Gasteiger partial charge on any atom is 0.250 e. The number of hydrogen-bond donors (Lipinski definition) is 1. The lowest BCUT2D eigenvalue weighted by molar-refractivity contribution is -0.136. The third kappa shape index (κ3) is 4.78. The van der Waals surface area contributed by atoms with Crippen molar-refractivity contribution in [2.75, 3.05) is 24.5 Å². The lowest BCUT2D eigenvalue weighted by Gasteiger charge is -2.36. The molecule has 4 rings (SSSR count). The molecule has 6 nitrogen and oxygen atoms in total. The zero-order valence-corrected chi connectivity index (χ0v) is 18.6. The van der Waals surface area contributed by atoms with Gasteiger partial charge in [0.15, 0.2) is 5.25 Å². The SMILES string of the molecule is O=C(CN1C(=O)C(C(=O)N2CCCCC2)Sc2ccc(Cl)cc21)NC1CCCCC1. The first-order valence-electron chi connectivity index (χ1n) is 10.9. The number of nitrogens with zero attached hydrogens (tertiary/aromatic N) is 2. The predicted molar refractivity (Wildman–Crippen MR) is 119 cm³/mol. The molecular weight excluding hydrogens is 422 g/mol. The van der Waals surface area contributed by atoms with Gasteiger partial charge in [-0.3, -0.25) is 14.4 Å². The number of carbonyl (C=O) groups excluding carboxylic acids is 3. The topological polar surface area (TPSA) is 69.7 Å². The van der Waals surface area contributed by atoms with E-state index in [0.29, 0.717) is 23.8 Å². The number of nitrogens with one attached hydrogen (secondary N) is 1. The molecule has 1 unspecified atom stereocenters. The number of hydrogen-bond acceptors (Lipinski definition) is 4. The van der Waals surface area contributed by atoms with E-state index in [9.17, 15) is 14.4 Å². The zero-order chi connectivity index (χ0) is 21.1. The molecule has 8 heteroatoms. The predicted octanol–water partition coefficient (Wildman–Crippen LogP) is 3.61. The summed E-state index contributed by atoms with van der Waals surface area (Å²) >= 11 is 7.45. The van der Waals surface area contributed by atoms with E-state index >= 15 is 0 Å². The number of anilines is 1. The van der Waals surface area contributed by atoms with Gasteiger partial charge in [0.25, 0.3) is 5.91 Å². The highest BCUT2D eigenvalue weighted by molar-refractivity contribution is 8.01. The van der Waals surface area contributed by atoms with E-state index in [1.54, 1.807) is 17.0 Å². The first-order chi connectivity index (χ1) is 14.5. The van der Waals surface area contributed by atoms with Gasteiger partial charge in [0.2, 0.25) is 11.8 Å². The first kappa shape index (κ1) is 21.5. The Kier molecular flexibility index (Phi) is 6.88. The van der Waals surface area contributed by atoms with E-state index in [1.807, 2.05) is 6.07 Å². The van der Waals surface area contributed by atoms with Crippen LogP contribution in [0.1, 0.15) is 51.4 Å². The third-order valence-corrected chi connectivity index (χ3v) is 7.58. The molecule has 2 fully saturated rings. The Morgan fingerprint density at radius 3 is 2.50 bits per heavy atom. The Hall–Kier alpha value is -1.73. The van der Waals surface area contributed by atoms with Crippen LogP contribution in [-0.2, 0) is 14.4 Å². The molecule has 1 atom stereocenters. The minimum absolute atomic E-state index is 0.0903. The molecule has 2 heterocycles. The lowest BCUT2D eigenvalue weighted by Crippen LogP contribution is -2.53. The number of piperidine rings is 1. The van der Waals surface area contributed by atoms with Crippen molar-refractivity contribution < 1.29 is 14.4 Å². The molecular formula is C22H28ClN3O3S. The third-order valence-electron chi connectivity index (χ3n) is 6.11. The van der Waals surface area contributed by atoms with E-state index < -0.39 is 5.25 Å². The Morgan fingerprint density at radius 2 is 1.77 bits per heavy atom. The summed E-state index contributed by atoms with van der Waals surface area (Å²) in [5.41, 5.74) is 0.610. The van der Waals surface area contributed by atoms with Crippen LogP contribution in [0, 0.1) is 0 Å². The number of amides is 3. The maximum absolute atomic E-state index is 13.3. The summed E-state index contributed by atoms with van der Waals surface area (Å²) in [6, 6.07) is 5.46. The second-order valence-corrected chi connectivity index (χ2v) is 9.91. The molecule has 1 saturated heterocycles. The van der Waals surface area contributed by atoms with Crippen molar-refractivity contribution in [3.8, 4) is 0 Å². The first-order valence-corrected chi connectivity index (χ1v) is 12.1. The molecule has 1 aromatic rings. The molecule has 3 amide bonds. The van der Waals surface area contributed by atoms with Gasteiger partial charge in [-0.1, -0.05) is 30.9 Å². The van der Waals surface area contributed by atoms with Crippen molar-refractivity contribution in [1.82, 2.24) is 10.2 Å². The number of benzene rings is 1. The Labute approximate surface area is 186 Å². The Balaban J connectivity index is 1.53. The molecule has 3 aliphatic rings. The van der Waals surface area contributed by atoms with Gasteiger partial charge in [0, 0.05) is 29.0 Å². The fourth-order valence-corrected chi connectivity index (χ4v) is 5.84. The van der Waals surface area contributed by atoms with Crippen LogP contribution in [-0.4, -0.2) is 53.5 Å². The number of fused-ring (bicyclic) bond motifs is 1. The molecule has 0 bridgehead atoms. The van der Waals surface area contributed by atoms with Crippen molar-refractivity contribution in [3.05, 3.63) is 23.2 Å². The van der Waals surface area contributed by atoms with Gasteiger partial charge in [-0.05, 0) is 50.3 Å². The van der Waals surface area contributed by atoms with Crippen LogP contribution in [0.4, 0.5) is 5.69 Å². The molecule has 1 N–H and O–H groups in total. The van der Waals surface area contributed by atoms with Gasteiger partial charge in [-0.25, -0.2) is 0 Å². The van der Waals surface area contributed by atoms with E-state index in [0.717, 1.165) is 49.8 Å². The molecule has 2 aliphatic heterocycles. The number of halogens is 1. The van der Waals surface area contributed by atoms with Crippen molar-refractivity contribution >= 4 is 46.8 Å². The fraction of sp³-hybridized carbons (Fsp3) is 0.591. The molecule has 30 heavy (non-hydrogen) atoms. The largest absolute Gasteiger partial charge is 0.352 e. The van der Waals surface area contributed by atoms with Crippen LogP contribution in [0.2, 0.25) is 5.02 Å². The van der Waals surface area contributed by atoms with Crippen LogP contribution in [0.3, 0.4) is 0 Å². The van der Waals surface area contributed by atoms with Crippen molar-refractivity contribution in [2.45, 2.75) is 67.6 Å². The molecule has 1 aromatic carbocycles. The molecule has 162 valence electrons. The average Bonchev–Trinajstić information content (AvgIpc) is 2.76. The monoisotopic (exact) mass is 449 g/mol. The Morgan fingerprint density at radius 1 is 1.07 bits per heavy atom. The van der Waals surface area contributed by atoms with E-state index in [1.165, 1.54) is 23.1 Å². The number of carbonyl (C=O) groups is 3. The summed E-state index contributed by atoms with van der Waals surface area (Å²) in [6.45, 7) is 1.30. The van der Waals surface area contributed by atoms with Crippen molar-refractivity contribution in [3.63, 3.8) is 0 Å². The normalized spacial score (nSPS) is 22.6. The number of rotatable bonds is 4. The van der Waals surface area contributed by atoms with Gasteiger partial charge in [0.05, 0.1) is 5.69 Å². The molecule has 0 radical (unpaired) electrons. The minimum atomic E-state index is -0.848. The smallest absolute Gasteiger partial charge is 0.250 e. The van der Waals surface area contributed by atoms with Crippen LogP contribution in [0.25, 0.3) is 0 Å². The minimum Gasteiger partial charge on any atom is -0.352 e.